The smallest absolute Gasteiger partial charge is 0.327 e. The first-order valence-electron chi connectivity index (χ1n) is 9.80. The Bertz CT molecular complexity index is 259. The summed E-state index contributed by atoms with van der Waals surface area (Å²) in [6.07, 6.45) is 14.8. The minimum absolute atomic E-state index is 0.0275. The minimum atomic E-state index is -0.118. The summed E-state index contributed by atoms with van der Waals surface area (Å²) < 4.78 is 0. The van der Waals surface area contributed by atoms with Gasteiger partial charge in [-0.3, -0.25) is 4.79 Å². The molecule has 0 aliphatic rings. The average Bonchev–Trinajstić information content (AvgIpc) is 2.56. The maximum atomic E-state index is 12.2. The molecule has 4 nitrogen and oxygen atoms in total. The Hall–Kier alpha value is -0.610. The third-order valence-electron chi connectivity index (χ3n) is 4.26. The van der Waals surface area contributed by atoms with Gasteiger partial charge in [0.05, 0.1) is 5.92 Å². The molecule has 0 bridgehead atoms. The largest absolute Gasteiger partial charge is 0.396 e. The van der Waals surface area contributed by atoms with E-state index in [0.717, 1.165) is 25.7 Å². The van der Waals surface area contributed by atoms with E-state index in [1.807, 2.05) is 0 Å². The lowest BCUT2D eigenvalue weighted by Gasteiger charge is -2.16. The predicted octanol–water partition coefficient (Wildman–Crippen LogP) is 4.75. The lowest BCUT2D eigenvalue weighted by Crippen LogP contribution is -2.27. The topological polar surface area (TPSA) is 58.6 Å². The summed E-state index contributed by atoms with van der Waals surface area (Å²) in [7, 11) is 0. The normalized spacial score (nSPS) is 12.3. The molecule has 0 radical (unpaired) electrons. The van der Waals surface area contributed by atoms with Crippen LogP contribution in [0.5, 0.6) is 0 Å². The summed E-state index contributed by atoms with van der Waals surface area (Å²) in [5.41, 5.74) is 2.68. The lowest BCUT2D eigenvalue weighted by atomic mass is 9.94. The molecule has 0 heterocycles. The fourth-order valence-corrected chi connectivity index (χ4v) is 2.73. The molecule has 0 rings (SSSR count). The van der Waals surface area contributed by atoms with Crippen molar-refractivity contribution in [3.05, 3.63) is 0 Å². The highest BCUT2D eigenvalue weighted by Crippen LogP contribution is 2.20. The number of carbonyl (C=O) groups excluding carboxylic acids is 1. The molecular formula is C19H39NO3. The fraction of sp³-hybridized carbons (Fsp3) is 0.947. The van der Waals surface area contributed by atoms with Crippen LogP contribution in [-0.2, 0) is 9.63 Å². The predicted molar refractivity (Wildman–Crippen MR) is 96.0 cm³/mol. The summed E-state index contributed by atoms with van der Waals surface area (Å²) in [6, 6.07) is 0. The Morgan fingerprint density at radius 3 is 1.96 bits per heavy atom. The molecular weight excluding hydrogens is 290 g/mol. The van der Waals surface area contributed by atoms with Gasteiger partial charge in [-0.2, -0.15) is 5.48 Å². The fourth-order valence-electron chi connectivity index (χ4n) is 2.73. The molecule has 0 aliphatic carbocycles. The van der Waals surface area contributed by atoms with Gasteiger partial charge in [0.15, 0.2) is 0 Å². The second-order valence-electron chi connectivity index (χ2n) is 6.50. The maximum absolute atomic E-state index is 12.2. The molecule has 0 amide bonds. The summed E-state index contributed by atoms with van der Waals surface area (Å²) in [4.78, 5) is 17.3. The molecule has 0 aromatic heterocycles. The average molecular weight is 330 g/mol. The second-order valence-corrected chi connectivity index (χ2v) is 6.50. The third kappa shape index (κ3) is 14.7. The Morgan fingerprint density at radius 2 is 1.39 bits per heavy atom. The zero-order valence-corrected chi connectivity index (χ0v) is 15.4. The van der Waals surface area contributed by atoms with Crippen molar-refractivity contribution in [3.8, 4) is 0 Å². The van der Waals surface area contributed by atoms with Gasteiger partial charge in [-0.25, -0.2) is 0 Å². The number of carbonyl (C=O) groups is 1. The van der Waals surface area contributed by atoms with Gasteiger partial charge in [-0.15, -0.1) is 0 Å². The third-order valence-corrected chi connectivity index (χ3v) is 4.26. The minimum Gasteiger partial charge on any atom is -0.396 e. The summed E-state index contributed by atoms with van der Waals surface area (Å²) in [5.74, 6) is -0.0901. The van der Waals surface area contributed by atoms with Crippen LogP contribution in [0.1, 0.15) is 97.3 Å². The van der Waals surface area contributed by atoms with E-state index in [0.29, 0.717) is 13.0 Å². The van der Waals surface area contributed by atoms with Gasteiger partial charge in [0, 0.05) is 13.2 Å². The number of hydrogen-bond donors (Lipinski definition) is 2. The van der Waals surface area contributed by atoms with Crippen molar-refractivity contribution in [3.63, 3.8) is 0 Å². The number of hydroxylamine groups is 1. The van der Waals surface area contributed by atoms with Crippen LogP contribution in [0.25, 0.3) is 0 Å². The highest BCUT2D eigenvalue weighted by Gasteiger charge is 2.19. The molecule has 138 valence electrons. The Labute approximate surface area is 143 Å². The number of nitrogens with one attached hydrogen (secondary N) is 1. The Balaban J connectivity index is 3.98. The molecule has 1 atom stereocenters. The number of rotatable bonds is 17. The van der Waals surface area contributed by atoms with E-state index in [1.165, 1.54) is 51.4 Å². The molecule has 0 fully saturated rings. The van der Waals surface area contributed by atoms with Crippen LogP contribution in [0.3, 0.4) is 0 Å². The quantitative estimate of drug-likeness (QED) is 0.298. The molecule has 0 saturated heterocycles. The van der Waals surface area contributed by atoms with Crippen LogP contribution >= 0.6 is 0 Å². The summed E-state index contributed by atoms with van der Waals surface area (Å²) in [6.45, 7) is 5.06. The maximum Gasteiger partial charge on any atom is 0.327 e. The molecule has 4 heteroatoms. The molecule has 0 aromatic carbocycles. The van der Waals surface area contributed by atoms with E-state index < -0.39 is 0 Å². The molecule has 1 unspecified atom stereocenters. The van der Waals surface area contributed by atoms with Crippen molar-refractivity contribution in [1.29, 1.82) is 0 Å². The molecule has 2 N–H and O–H groups in total. The molecule has 0 spiro atoms. The molecule has 0 saturated carbocycles. The Kier molecular flexibility index (Phi) is 17.3. The van der Waals surface area contributed by atoms with Gasteiger partial charge in [-0.05, 0) is 19.3 Å². The van der Waals surface area contributed by atoms with Crippen LogP contribution in [-0.4, -0.2) is 24.2 Å². The first kappa shape index (κ1) is 22.4. The number of hydrogen-bond acceptors (Lipinski definition) is 4. The van der Waals surface area contributed by atoms with Gasteiger partial charge >= 0.3 is 5.97 Å². The first-order chi connectivity index (χ1) is 11.3. The standard InChI is InChI=1S/C19H39NO3/c1-3-5-7-9-10-12-15-18(14-11-8-6-4-2)19(22)23-20-16-13-17-21/h18,20-21H,3-17H2,1-2H3. The van der Waals surface area contributed by atoms with E-state index >= 15 is 0 Å². The first-order valence-corrected chi connectivity index (χ1v) is 9.80. The van der Waals surface area contributed by atoms with Crippen molar-refractivity contribution >= 4 is 5.97 Å². The SMILES string of the molecule is CCCCCCCCC(CCCCCC)C(=O)ONCCCO. The van der Waals surface area contributed by atoms with E-state index in [4.69, 9.17) is 9.94 Å². The van der Waals surface area contributed by atoms with Crippen molar-refractivity contribution in [2.24, 2.45) is 5.92 Å². The van der Waals surface area contributed by atoms with Gasteiger partial charge in [0.1, 0.15) is 0 Å². The van der Waals surface area contributed by atoms with Crippen LogP contribution in [0.2, 0.25) is 0 Å². The van der Waals surface area contributed by atoms with Crippen LogP contribution in [0, 0.1) is 5.92 Å². The van der Waals surface area contributed by atoms with Crippen LogP contribution in [0.4, 0.5) is 0 Å². The number of aliphatic hydroxyl groups is 1. The van der Waals surface area contributed by atoms with Crippen molar-refractivity contribution in [1.82, 2.24) is 5.48 Å². The monoisotopic (exact) mass is 329 g/mol. The van der Waals surface area contributed by atoms with Crippen molar-refractivity contribution in [2.45, 2.75) is 97.3 Å². The summed E-state index contributed by atoms with van der Waals surface area (Å²) >= 11 is 0. The highest BCUT2D eigenvalue weighted by molar-refractivity contribution is 5.72. The molecule has 23 heavy (non-hydrogen) atoms. The highest BCUT2D eigenvalue weighted by atomic mass is 16.7. The van der Waals surface area contributed by atoms with E-state index in [9.17, 15) is 4.79 Å². The van der Waals surface area contributed by atoms with Gasteiger partial charge in [0.25, 0.3) is 0 Å². The zero-order chi connectivity index (χ0) is 17.2. The van der Waals surface area contributed by atoms with Gasteiger partial charge < -0.3 is 9.94 Å². The van der Waals surface area contributed by atoms with Crippen LogP contribution < -0.4 is 5.48 Å². The van der Waals surface area contributed by atoms with Crippen molar-refractivity contribution in [2.75, 3.05) is 13.2 Å². The second kappa shape index (κ2) is 17.7. The molecule has 0 aromatic rings. The lowest BCUT2D eigenvalue weighted by molar-refractivity contribution is -0.157. The Morgan fingerprint density at radius 1 is 0.870 bits per heavy atom. The summed E-state index contributed by atoms with van der Waals surface area (Å²) in [5, 5.41) is 8.73. The van der Waals surface area contributed by atoms with E-state index in [-0.39, 0.29) is 18.5 Å². The number of unbranched alkanes of at least 4 members (excludes halogenated alkanes) is 8. The van der Waals surface area contributed by atoms with Crippen LogP contribution in [0.15, 0.2) is 0 Å². The van der Waals surface area contributed by atoms with E-state index in [1.54, 1.807) is 0 Å². The van der Waals surface area contributed by atoms with E-state index in [2.05, 4.69) is 19.3 Å². The number of aliphatic hydroxyl groups excluding tert-OH is 1. The van der Waals surface area contributed by atoms with Crippen molar-refractivity contribution < 1.29 is 14.7 Å². The zero-order valence-electron chi connectivity index (χ0n) is 15.4. The van der Waals surface area contributed by atoms with Gasteiger partial charge in [0.2, 0.25) is 0 Å². The van der Waals surface area contributed by atoms with Gasteiger partial charge in [-0.1, -0.05) is 78.1 Å². The molecule has 0 aliphatic heterocycles.